The molecule has 0 saturated heterocycles. The molecule has 1 N–H and O–H groups in total. The first-order chi connectivity index (χ1) is 16.3. The summed E-state index contributed by atoms with van der Waals surface area (Å²) in [6.45, 7) is -1.61. The van der Waals surface area contributed by atoms with Gasteiger partial charge in [-0.25, -0.2) is 0 Å². The van der Waals surface area contributed by atoms with Crippen LogP contribution in [0, 0.1) is 11.3 Å². The predicted molar refractivity (Wildman–Crippen MR) is 124 cm³/mol. The number of carboxylic acid groups (broad SMARTS) is 1. The largest absolute Gasteiger partial charge is 0.480 e. The van der Waals surface area contributed by atoms with Crippen molar-refractivity contribution in [3.63, 3.8) is 0 Å². The molecule has 176 valence electrons. The molecular weight excluding hydrogens is 464 g/mol. The lowest BCUT2D eigenvalue weighted by Gasteiger charge is -2.27. The van der Waals surface area contributed by atoms with Gasteiger partial charge >= 0.3 is 12.6 Å². The van der Waals surface area contributed by atoms with E-state index in [0.717, 1.165) is 5.56 Å². The zero-order chi connectivity index (χ0) is 24.7. The van der Waals surface area contributed by atoms with E-state index in [1.807, 2.05) is 36.4 Å². The van der Waals surface area contributed by atoms with Crippen LogP contribution >= 0.6 is 11.6 Å². The van der Waals surface area contributed by atoms with Crippen LogP contribution in [0.25, 0.3) is 0 Å². The molecule has 0 amide bonds. The van der Waals surface area contributed by atoms with Crippen molar-refractivity contribution in [2.24, 2.45) is 0 Å². The standard InChI is InChI=1S/C26H22ClF2NO4/c1-2-13-26(16-30,24(31)32)20-15-18(14-17-9-5-3-6-10-17)21(27)23(22(20)34-25(28)29)33-19-11-7-4-8-12-19/h3-12,15,25H,2,13-14H2,1H3,(H,31,32). The number of carboxylic acids is 1. The maximum absolute atomic E-state index is 13.5. The van der Waals surface area contributed by atoms with Crippen LogP contribution in [0.5, 0.6) is 17.2 Å². The summed E-state index contributed by atoms with van der Waals surface area (Å²) >= 11 is 6.64. The SMILES string of the molecule is CCCC(C#N)(C(=O)O)c1cc(Cc2ccccc2)c(Cl)c(Oc2ccccc2)c1OC(F)F. The normalized spacial score (nSPS) is 12.6. The highest BCUT2D eigenvalue weighted by molar-refractivity contribution is 6.33. The quantitative estimate of drug-likeness (QED) is 0.335. The fourth-order valence-electron chi connectivity index (χ4n) is 3.73. The van der Waals surface area contributed by atoms with Crippen molar-refractivity contribution in [2.45, 2.75) is 38.2 Å². The molecule has 3 rings (SSSR count). The summed E-state index contributed by atoms with van der Waals surface area (Å²) in [5, 5.41) is 20.0. The van der Waals surface area contributed by atoms with Gasteiger partial charge in [-0.05, 0) is 42.2 Å². The minimum Gasteiger partial charge on any atom is -0.480 e. The van der Waals surface area contributed by atoms with Crippen molar-refractivity contribution in [2.75, 3.05) is 0 Å². The molecule has 34 heavy (non-hydrogen) atoms. The lowest BCUT2D eigenvalue weighted by Crippen LogP contribution is -2.35. The third-order valence-electron chi connectivity index (χ3n) is 5.30. The Morgan fingerprint density at radius 1 is 1.12 bits per heavy atom. The summed E-state index contributed by atoms with van der Waals surface area (Å²) < 4.78 is 37.7. The Labute approximate surface area is 201 Å². The molecule has 1 unspecified atom stereocenters. The Balaban J connectivity index is 2.34. The number of benzene rings is 3. The summed E-state index contributed by atoms with van der Waals surface area (Å²) in [5.74, 6) is -2.04. The lowest BCUT2D eigenvalue weighted by molar-refractivity contribution is -0.142. The number of aliphatic carboxylic acids is 1. The number of nitrogens with zero attached hydrogens (tertiary/aromatic N) is 1. The lowest BCUT2D eigenvalue weighted by atomic mass is 9.76. The summed E-state index contributed by atoms with van der Waals surface area (Å²) in [6, 6.07) is 20.7. The number of nitriles is 1. The van der Waals surface area contributed by atoms with Gasteiger partial charge in [-0.3, -0.25) is 4.79 Å². The van der Waals surface area contributed by atoms with Crippen LogP contribution in [-0.2, 0) is 16.6 Å². The van der Waals surface area contributed by atoms with E-state index >= 15 is 0 Å². The zero-order valence-corrected chi connectivity index (χ0v) is 19.1. The van der Waals surface area contributed by atoms with Gasteiger partial charge in [0.1, 0.15) is 5.75 Å². The fraction of sp³-hybridized carbons (Fsp3) is 0.231. The molecule has 0 heterocycles. The molecule has 0 saturated carbocycles. The van der Waals surface area contributed by atoms with Crippen LogP contribution in [0.3, 0.4) is 0 Å². The third kappa shape index (κ3) is 5.29. The molecule has 0 fully saturated rings. The first-order valence-electron chi connectivity index (χ1n) is 10.5. The van der Waals surface area contributed by atoms with Gasteiger partial charge in [-0.15, -0.1) is 0 Å². The van der Waals surface area contributed by atoms with Crippen LogP contribution in [0.2, 0.25) is 5.02 Å². The van der Waals surface area contributed by atoms with Crippen LogP contribution in [-0.4, -0.2) is 17.7 Å². The van der Waals surface area contributed by atoms with Crippen molar-refractivity contribution < 1.29 is 28.2 Å². The second-order valence-electron chi connectivity index (χ2n) is 7.58. The number of para-hydroxylation sites is 1. The topological polar surface area (TPSA) is 79.6 Å². The number of hydrogen-bond donors (Lipinski definition) is 1. The molecule has 8 heteroatoms. The van der Waals surface area contributed by atoms with E-state index < -0.39 is 23.7 Å². The Morgan fingerprint density at radius 3 is 2.26 bits per heavy atom. The van der Waals surface area contributed by atoms with Crippen molar-refractivity contribution in [1.29, 1.82) is 5.26 Å². The summed E-state index contributed by atoms with van der Waals surface area (Å²) in [7, 11) is 0. The first-order valence-corrected chi connectivity index (χ1v) is 10.9. The van der Waals surface area contributed by atoms with Gasteiger partial charge in [0.05, 0.1) is 11.1 Å². The molecule has 0 spiro atoms. The van der Waals surface area contributed by atoms with Crippen molar-refractivity contribution in [1.82, 2.24) is 0 Å². The minimum atomic E-state index is -3.31. The van der Waals surface area contributed by atoms with E-state index in [1.54, 1.807) is 37.3 Å². The molecule has 3 aromatic carbocycles. The molecule has 5 nitrogen and oxygen atoms in total. The maximum atomic E-state index is 13.5. The molecular formula is C26H22ClF2NO4. The molecule has 1 atom stereocenters. The number of halogens is 3. The number of carbonyl (C=O) groups is 1. The number of ether oxygens (including phenoxy) is 2. The molecule has 0 bridgehead atoms. The van der Waals surface area contributed by atoms with E-state index in [4.69, 9.17) is 21.1 Å². The van der Waals surface area contributed by atoms with Crippen LogP contribution in [0.4, 0.5) is 8.78 Å². The number of alkyl halides is 2. The Morgan fingerprint density at radius 2 is 1.74 bits per heavy atom. The molecule has 3 aromatic rings. The van der Waals surface area contributed by atoms with Gasteiger partial charge in [0.2, 0.25) is 0 Å². The Kier molecular flexibility index (Phi) is 8.08. The van der Waals surface area contributed by atoms with Gasteiger partial charge in [0.15, 0.2) is 16.9 Å². The van der Waals surface area contributed by atoms with E-state index in [1.165, 1.54) is 6.07 Å². The van der Waals surface area contributed by atoms with Gasteiger partial charge in [-0.1, -0.05) is 73.5 Å². The Hall–Kier alpha value is -3.63. The van der Waals surface area contributed by atoms with Crippen molar-refractivity contribution >= 4 is 17.6 Å². The molecule has 0 aliphatic heterocycles. The summed E-state index contributed by atoms with van der Waals surface area (Å²) in [5.41, 5.74) is -1.13. The van der Waals surface area contributed by atoms with Crippen LogP contribution < -0.4 is 9.47 Å². The predicted octanol–water partition coefficient (Wildman–Crippen LogP) is 6.97. The average Bonchev–Trinajstić information content (AvgIpc) is 2.82. The maximum Gasteiger partial charge on any atom is 0.387 e. The van der Waals surface area contributed by atoms with Crippen LogP contribution in [0.15, 0.2) is 66.7 Å². The summed E-state index contributed by atoms with van der Waals surface area (Å²) in [4.78, 5) is 12.4. The highest BCUT2D eigenvalue weighted by Gasteiger charge is 2.45. The van der Waals surface area contributed by atoms with Crippen molar-refractivity contribution in [3.05, 3.63) is 88.4 Å². The molecule has 0 radical (unpaired) electrons. The number of rotatable bonds is 10. The van der Waals surface area contributed by atoms with E-state index in [9.17, 15) is 23.9 Å². The Bertz CT molecular complexity index is 1180. The molecule has 0 aromatic heterocycles. The minimum absolute atomic E-state index is 0.0131. The highest BCUT2D eigenvalue weighted by Crippen LogP contribution is 2.49. The molecule has 0 aliphatic carbocycles. The summed E-state index contributed by atoms with van der Waals surface area (Å²) in [6.07, 6.45) is 0.426. The van der Waals surface area contributed by atoms with Gasteiger partial charge < -0.3 is 14.6 Å². The van der Waals surface area contributed by atoms with Gasteiger partial charge in [0, 0.05) is 5.56 Å². The van der Waals surface area contributed by atoms with Gasteiger partial charge in [-0.2, -0.15) is 14.0 Å². The average molecular weight is 486 g/mol. The third-order valence-corrected chi connectivity index (χ3v) is 5.71. The van der Waals surface area contributed by atoms with E-state index in [-0.39, 0.29) is 34.9 Å². The first kappa shape index (κ1) is 25.0. The monoisotopic (exact) mass is 485 g/mol. The zero-order valence-electron chi connectivity index (χ0n) is 18.3. The highest BCUT2D eigenvalue weighted by atomic mass is 35.5. The fourth-order valence-corrected chi connectivity index (χ4v) is 3.98. The van der Waals surface area contributed by atoms with E-state index in [2.05, 4.69) is 0 Å². The van der Waals surface area contributed by atoms with E-state index in [0.29, 0.717) is 12.0 Å². The molecule has 0 aliphatic rings. The van der Waals surface area contributed by atoms with Crippen molar-refractivity contribution in [3.8, 4) is 23.3 Å². The number of hydrogen-bond acceptors (Lipinski definition) is 4. The van der Waals surface area contributed by atoms with Gasteiger partial charge in [0.25, 0.3) is 0 Å². The smallest absolute Gasteiger partial charge is 0.387 e. The second-order valence-corrected chi connectivity index (χ2v) is 7.96. The second kappa shape index (κ2) is 11.0. The van der Waals surface area contributed by atoms with Crippen LogP contribution in [0.1, 0.15) is 36.5 Å².